The smallest absolute Gasteiger partial charge is 0.162 e. The molecule has 118 valence electrons. The molecular formula is C18H16ClNO3. The number of ether oxygens (including phenoxy) is 2. The van der Waals surface area contributed by atoms with Gasteiger partial charge in [-0.15, -0.1) is 0 Å². The summed E-state index contributed by atoms with van der Waals surface area (Å²) in [6.45, 7) is 0. The number of halogens is 1. The number of methoxy groups -OCH3 is 2. The van der Waals surface area contributed by atoms with Crippen molar-refractivity contribution in [3.8, 4) is 11.5 Å². The maximum absolute atomic E-state index is 6.33. The van der Waals surface area contributed by atoms with Crippen LogP contribution in [0.5, 0.6) is 11.5 Å². The predicted octanol–water partition coefficient (Wildman–Crippen LogP) is 4.01. The van der Waals surface area contributed by atoms with Crippen molar-refractivity contribution in [3.05, 3.63) is 58.1 Å². The third kappa shape index (κ3) is 2.17. The highest BCUT2D eigenvalue weighted by Crippen LogP contribution is 2.46. The summed E-state index contributed by atoms with van der Waals surface area (Å²) in [6.07, 6.45) is 0.702. The molecule has 4 nitrogen and oxygen atoms in total. The Kier molecular flexibility index (Phi) is 3.42. The number of nitrogens with zero attached hydrogens (tertiary/aromatic N) is 1. The lowest BCUT2D eigenvalue weighted by molar-refractivity contribution is 0.0615. The van der Waals surface area contributed by atoms with Crippen LogP contribution in [-0.2, 0) is 11.3 Å². The van der Waals surface area contributed by atoms with Gasteiger partial charge in [0, 0.05) is 16.1 Å². The molecule has 0 spiro atoms. The molecule has 0 bridgehead atoms. The first-order chi connectivity index (χ1) is 11.2. The van der Waals surface area contributed by atoms with Crippen molar-refractivity contribution in [1.82, 2.24) is 0 Å². The fourth-order valence-corrected chi connectivity index (χ4v) is 3.64. The summed E-state index contributed by atoms with van der Waals surface area (Å²) in [7, 11) is 3.28. The molecule has 0 amide bonds. The van der Waals surface area contributed by atoms with E-state index in [-0.39, 0.29) is 12.0 Å². The first kappa shape index (κ1) is 14.4. The van der Waals surface area contributed by atoms with E-state index in [9.17, 15) is 0 Å². The molecule has 5 heteroatoms. The van der Waals surface area contributed by atoms with Gasteiger partial charge in [0.1, 0.15) is 0 Å². The Bertz CT molecular complexity index is 803. The van der Waals surface area contributed by atoms with Gasteiger partial charge < -0.3 is 14.3 Å². The van der Waals surface area contributed by atoms with Crippen molar-refractivity contribution in [1.29, 1.82) is 0 Å². The van der Waals surface area contributed by atoms with Gasteiger partial charge in [0.05, 0.1) is 25.8 Å². The van der Waals surface area contributed by atoms with Crippen LogP contribution in [0.25, 0.3) is 0 Å². The van der Waals surface area contributed by atoms with E-state index in [4.69, 9.17) is 25.9 Å². The second kappa shape index (κ2) is 5.46. The first-order valence-corrected chi connectivity index (χ1v) is 7.84. The molecule has 1 aliphatic carbocycles. The Hall–Kier alpha value is -2.20. The summed E-state index contributed by atoms with van der Waals surface area (Å²) in [4.78, 5) is 5.71. The number of rotatable bonds is 3. The van der Waals surface area contributed by atoms with Crippen LogP contribution in [0.2, 0.25) is 5.02 Å². The zero-order chi connectivity index (χ0) is 16.0. The average Bonchev–Trinajstić information content (AvgIpc) is 3.12. The topological polar surface area (TPSA) is 40.0 Å². The van der Waals surface area contributed by atoms with Crippen LogP contribution in [0, 0.1) is 5.92 Å². The van der Waals surface area contributed by atoms with E-state index in [2.05, 4.69) is 5.16 Å². The summed E-state index contributed by atoms with van der Waals surface area (Å²) in [5.74, 6) is 1.61. The molecular weight excluding hydrogens is 314 g/mol. The highest BCUT2D eigenvalue weighted by molar-refractivity contribution is 6.31. The minimum Gasteiger partial charge on any atom is -0.493 e. The quantitative estimate of drug-likeness (QED) is 0.854. The van der Waals surface area contributed by atoms with Gasteiger partial charge in [0.2, 0.25) is 0 Å². The van der Waals surface area contributed by atoms with Crippen LogP contribution < -0.4 is 9.47 Å². The van der Waals surface area contributed by atoms with Gasteiger partial charge >= 0.3 is 0 Å². The Morgan fingerprint density at radius 1 is 1.13 bits per heavy atom. The third-order valence-electron chi connectivity index (χ3n) is 4.52. The lowest BCUT2D eigenvalue weighted by atomic mass is 9.92. The van der Waals surface area contributed by atoms with Crippen LogP contribution >= 0.6 is 11.6 Å². The SMILES string of the molecule is COc1cc2c(cc1OC)C1=NOC(c3ccccc3Cl)C1C2. The minimum absolute atomic E-state index is 0.150. The molecule has 23 heavy (non-hydrogen) atoms. The summed E-state index contributed by atoms with van der Waals surface area (Å²) < 4.78 is 10.8. The van der Waals surface area contributed by atoms with Crippen LogP contribution in [-0.4, -0.2) is 19.9 Å². The molecule has 2 atom stereocenters. The zero-order valence-electron chi connectivity index (χ0n) is 12.9. The van der Waals surface area contributed by atoms with Crippen LogP contribution in [0.4, 0.5) is 0 Å². The number of oxime groups is 1. The van der Waals surface area contributed by atoms with Crippen LogP contribution in [0.3, 0.4) is 0 Å². The van der Waals surface area contributed by atoms with Crippen molar-refractivity contribution in [3.63, 3.8) is 0 Å². The van der Waals surface area contributed by atoms with E-state index >= 15 is 0 Å². The van der Waals surface area contributed by atoms with Gasteiger partial charge in [-0.1, -0.05) is 35.0 Å². The molecule has 0 radical (unpaired) electrons. The van der Waals surface area contributed by atoms with E-state index in [1.54, 1.807) is 14.2 Å². The molecule has 2 aromatic rings. The monoisotopic (exact) mass is 329 g/mol. The van der Waals surface area contributed by atoms with E-state index in [0.29, 0.717) is 10.8 Å². The van der Waals surface area contributed by atoms with Crippen molar-refractivity contribution < 1.29 is 14.3 Å². The van der Waals surface area contributed by atoms with Gasteiger partial charge in [-0.2, -0.15) is 0 Å². The summed E-state index contributed by atoms with van der Waals surface area (Å²) in [5, 5.41) is 5.04. The first-order valence-electron chi connectivity index (χ1n) is 7.46. The molecule has 1 aliphatic heterocycles. The van der Waals surface area contributed by atoms with Gasteiger partial charge in [-0.3, -0.25) is 0 Å². The summed E-state index contributed by atoms with van der Waals surface area (Å²) >= 11 is 6.33. The standard InChI is InChI=1S/C18H16ClNO3/c1-21-15-8-10-7-13-17(12(10)9-16(15)22-2)20-23-18(13)11-5-3-4-6-14(11)19/h3-6,8-9,13,18H,7H2,1-2H3. The Labute approximate surface area is 139 Å². The lowest BCUT2D eigenvalue weighted by Crippen LogP contribution is -2.14. The summed E-state index contributed by atoms with van der Waals surface area (Å²) in [6, 6.07) is 11.8. The molecule has 0 aromatic heterocycles. The number of hydrogen-bond acceptors (Lipinski definition) is 4. The van der Waals surface area contributed by atoms with E-state index in [1.807, 2.05) is 36.4 Å². The molecule has 2 unspecified atom stereocenters. The fraction of sp³-hybridized carbons (Fsp3) is 0.278. The zero-order valence-corrected chi connectivity index (χ0v) is 13.6. The Balaban J connectivity index is 1.73. The maximum Gasteiger partial charge on any atom is 0.162 e. The third-order valence-corrected chi connectivity index (χ3v) is 4.86. The number of benzene rings is 2. The van der Waals surface area contributed by atoms with Crippen molar-refractivity contribution in [2.45, 2.75) is 12.5 Å². The molecule has 0 N–H and O–H groups in total. The second-order valence-electron chi connectivity index (χ2n) is 5.70. The average molecular weight is 330 g/mol. The number of fused-ring (bicyclic) bond motifs is 3. The highest BCUT2D eigenvalue weighted by Gasteiger charge is 2.42. The molecule has 0 saturated carbocycles. The Morgan fingerprint density at radius 3 is 2.61 bits per heavy atom. The van der Waals surface area contributed by atoms with Crippen LogP contribution in [0.15, 0.2) is 41.6 Å². The molecule has 0 saturated heterocycles. The normalized spacial score (nSPS) is 21.3. The summed E-state index contributed by atoms with van der Waals surface area (Å²) in [5.41, 5.74) is 4.21. The van der Waals surface area contributed by atoms with Gasteiger partial charge in [-0.25, -0.2) is 0 Å². The Morgan fingerprint density at radius 2 is 1.87 bits per heavy atom. The molecule has 2 aliphatic rings. The largest absolute Gasteiger partial charge is 0.493 e. The maximum atomic E-state index is 6.33. The van der Waals surface area contributed by atoms with Crippen LogP contribution in [0.1, 0.15) is 22.8 Å². The molecule has 2 aromatic carbocycles. The van der Waals surface area contributed by atoms with Gasteiger partial charge in [-0.05, 0) is 30.2 Å². The predicted molar refractivity (Wildman–Crippen MR) is 88.6 cm³/mol. The van der Waals surface area contributed by atoms with E-state index in [1.165, 1.54) is 5.56 Å². The molecule has 4 rings (SSSR count). The van der Waals surface area contributed by atoms with Crippen molar-refractivity contribution in [2.24, 2.45) is 11.1 Å². The lowest BCUT2D eigenvalue weighted by Gasteiger charge is -2.16. The second-order valence-corrected chi connectivity index (χ2v) is 6.11. The van der Waals surface area contributed by atoms with Gasteiger partial charge in [0.15, 0.2) is 17.6 Å². The molecule has 1 heterocycles. The fourth-order valence-electron chi connectivity index (χ4n) is 3.40. The van der Waals surface area contributed by atoms with Crippen molar-refractivity contribution >= 4 is 17.3 Å². The van der Waals surface area contributed by atoms with E-state index < -0.39 is 0 Å². The van der Waals surface area contributed by atoms with Crippen molar-refractivity contribution in [2.75, 3.05) is 14.2 Å². The van der Waals surface area contributed by atoms with Gasteiger partial charge in [0.25, 0.3) is 0 Å². The van der Waals surface area contributed by atoms with E-state index in [0.717, 1.165) is 29.0 Å². The highest BCUT2D eigenvalue weighted by atomic mass is 35.5. The minimum atomic E-state index is -0.150. The molecule has 0 fully saturated rings. The number of hydrogen-bond donors (Lipinski definition) is 0.